The summed E-state index contributed by atoms with van der Waals surface area (Å²) in [5, 5.41) is 0. The molecule has 0 radical (unpaired) electrons. The molecule has 1 aromatic carbocycles. The summed E-state index contributed by atoms with van der Waals surface area (Å²) in [6, 6.07) is 5.60. The van der Waals surface area contributed by atoms with Crippen molar-refractivity contribution in [2.45, 2.75) is 11.8 Å². The molecule has 1 rings (SSSR count). The average Bonchev–Trinajstić information content (AvgIpc) is 2.27. The summed E-state index contributed by atoms with van der Waals surface area (Å²) in [5.41, 5.74) is 1.10. The van der Waals surface area contributed by atoms with Crippen molar-refractivity contribution in [2.24, 2.45) is 0 Å². The lowest BCUT2D eigenvalue weighted by Crippen LogP contribution is -2.36. The Bertz CT molecular complexity index is 474. The lowest BCUT2D eigenvalue weighted by atomic mass is 10.2. The number of hydrogen-bond acceptors (Lipinski definition) is 4. The van der Waals surface area contributed by atoms with E-state index in [4.69, 9.17) is 4.74 Å². The molecule has 0 fully saturated rings. The second kappa shape index (κ2) is 6.25. The zero-order valence-electron chi connectivity index (χ0n) is 9.73. The Morgan fingerprint density at radius 3 is 2.71 bits per heavy atom. The van der Waals surface area contributed by atoms with Crippen molar-refractivity contribution in [2.75, 3.05) is 20.2 Å². The molecule has 0 heterocycles. The Hall–Kier alpha value is -0.760. The van der Waals surface area contributed by atoms with Gasteiger partial charge in [-0.05, 0) is 24.6 Å². The topological polar surface area (TPSA) is 67.4 Å². The average molecular weight is 276 g/mol. The van der Waals surface area contributed by atoms with Gasteiger partial charge < -0.3 is 4.74 Å². The van der Waals surface area contributed by atoms with Crippen molar-refractivity contribution in [3.05, 3.63) is 23.8 Å². The van der Waals surface area contributed by atoms with E-state index in [0.717, 1.165) is 10.5 Å². The fourth-order valence-corrected chi connectivity index (χ4v) is 2.00. The molecule has 2 N–H and O–H groups in total. The van der Waals surface area contributed by atoms with E-state index in [-0.39, 0.29) is 13.2 Å². The third kappa shape index (κ3) is 4.95. The predicted octanol–water partition coefficient (Wildman–Crippen LogP) is 0.716. The fourth-order valence-electron chi connectivity index (χ4n) is 1.16. The van der Waals surface area contributed by atoms with Gasteiger partial charge in [0.25, 0.3) is 10.2 Å². The van der Waals surface area contributed by atoms with Crippen LogP contribution < -0.4 is 14.2 Å². The van der Waals surface area contributed by atoms with Crippen molar-refractivity contribution in [1.82, 2.24) is 9.44 Å². The Morgan fingerprint density at radius 1 is 1.41 bits per heavy atom. The largest absolute Gasteiger partial charge is 0.491 e. The van der Waals surface area contributed by atoms with Crippen molar-refractivity contribution in [3.8, 4) is 5.75 Å². The molecule has 0 aliphatic carbocycles. The van der Waals surface area contributed by atoms with Crippen LogP contribution in [-0.4, -0.2) is 28.6 Å². The van der Waals surface area contributed by atoms with Crippen LogP contribution in [0.3, 0.4) is 0 Å². The maximum atomic E-state index is 11.0. The van der Waals surface area contributed by atoms with Crippen LogP contribution in [0.25, 0.3) is 0 Å². The first-order valence-corrected chi connectivity index (χ1v) is 6.98. The number of thiol groups is 1. The van der Waals surface area contributed by atoms with Crippen molar-refractivity contribution < 1.29 is 13.2 Å². The maximum Gasteiger partial charge on any atom is 0.276 e. The van der Waals surface area contributed by atoms with Crippen LogP contribution in [0.1, 0.15) is 5.56 Å². The first kappa shape index (κ1) is 14.3. The van der Waals surface area contributed by atoms with Crippen LogP contribution in [0.4, 0.5) is 0 Å². The Morgan fingerprint density at radius 2 is 2.12 bits per heavy atom. The van der Waals surface area contributed by atoms with Gasteiger partial charge in [0.1, 0.15) is 12.4 Å². The fraction of sp³-hybridized carbons (Fsp3) is 0.400. The maximum absolute atomic E-state index is 11.0. The standard InChI is InChI=1S/C10H16N2O3S2/c1-8-3-4-9(10(16)7-8)15-6-5-12-17(13,14)11-2/h3-4,7,11-12,16H,5-6H2,1-2H3. The van der Waals surface area contributed by atoms with Crippen LogP contribution >= 0.6 is 12.6 Å². The summed E-state index contributed by atoms with van der Waals surface area (Å²) < 4.78 is 31.9. The molecule has 0 saturated heterocycles. The second-order valence-corrected chi connectivity index (χ2v) is 5.61. The van der Waals surface area contributed by atoms with Crippen LogP contribution in [-0.2, 0) is 10.2 Å². The molecule has 7 heteroatoms. The summed E-state index contributed by atoms with van der Waals surface area (Å²) >= 11 is 4.27. The first-order valence-electron chi connectivity index (χ1n) is 5.05. The molecule has 0 aliphatic rings. The monoisotopic (exact) mass is 276 g/mol. The van der Waals surface area contributed by atoms with Crippen LogP contribution in [0.15, 0.2) is 23.1 Å². The molecule has 0 amide bonds. The number of ether oxygens (including phenoxy) is 1. The molecule has 0 saturated carbocycles. The minimum Gasteiger partial charge on any atom is -0.491 e. The van der Waals surface area contributed by atoms with E-state index in [9.17, 15) is 8.42 Å². The lowest BCUT2D eigenvalue weighted by Gasteiger charge is -2.09. The van der Waals surface area contributed by atoms with Gasteiger partial charge in [-0.25, -0.2) is 4.72 Å². The molecule has 5 nitrogen and oxygen atoms in total. The van der Waals surface area contributed by atoms with Gasteiger partial charge >= 0.3 is 0 Å². The molecular formula is C10H16N2O3S2. The molecule has 0 unspecified atom stereocenters. The summed E-state index contributed by atoms with van der Waals surface area (Å²) in [6.07, 6.45) is 0. The highest BCUT2D eigenvalue weighted by Gasteiger charge is 2.05. The van der Waals surface area contributed by atoms with Crippen molar-refractivity contribution >= 4 is 22.8 Å². The highest BCUT2D eigenvalue weighted by atomic mass is 32.2. The summed E-state index contributed by atoms with van der Waals surface area (Å²) in [4.78, 5) is 0.737. The predicted molar refractivity (Wildman–Crippen MR) is 69.9 cm³/mol. The smallest absolute Gasteiger partial charge is 0.276 e. The zero-order valence-corrected chi connectivity index (χ0v) is 11.4. The first-order chi connectivity index (χ1) is 7.94. The third-order valence-electron chi connectivity index (χ3n) is 2.03. The van der Waals surface area contributed by atoms with Crippen LogP contribution in [0.2, 0.25) is 0 Å². The minimum atomic E-state index is -3.39. The number of hydrogen-bond donors (Lipinski definition) is 3. The quantitative estimate of drug-likeness (QED) is 0.530. The highest BCUT2D eigenvalue weighted by molar-refractivity contribution is 7.87. The highest BCUT2D eigenvalue weighted by Crippen LogP contribution is 2.23. The van der Waals surface area contributed by atoms with Gasteiger partial charge in [0.05, 0.1) is 0 Å². The van der Waals surface area contributed by atoms with Gasteiger partial charge in [-0.3, -0.25) is 0 Å². The molecule has 0 atom stereocenters. The van der Waals surface area contributed by atoms with Gasteiger partial charge in [-0.15, -0.1) is 12.6 Å². The molecule has 1 aromatic rings. The van der Waals surface area contributed by atoms with E-state index in [1.54, 1.807) is 0 Å². The summed E-state index contributed by atoms with van der Waals surface area (Å²) in [7, 11) is -2.05. The molecule has 17 heavy (non-hydrogen) atoms. The van der Waals surface area contributed by atoms with Gasteiger partial charge in [0, 0.05) is 18.5 Å². The molecule has 0 bridgehead atoms. The SMILES string of the molecule is CNS(=O)(=O)NCCOc1ccc(C)cc1S. The van der Waals surface area contributed by atoms with E-state index in [0.29, 0.717) is 5.75 Å². The van der Waals surface area contributed by atoms with E-state index in [1.165, 1.54) is 7.05 Å². The zero-order chi connectivity index (χ0) is 12.9. The van der Waals surface area contributed by atoms with E-state index < -0.39 is 10.2 Å². The second-order valence-electron chi connectivity index (χ2n) is 3.42. The number of nitrogens with one attached hydrogen (secondary N) is 2. The van der Waals surface area contributed by atoms with E-state index in [1.807, 2.05) is 25.1 Å². The van der Waals surface area contributed by atoms with Gasteiger partial charge in [0.2, 0.25) is 0 Å². The van der Waals surface area contributed by atoms with Gasteiger partial charge in [-0.2, -0.15) is 13.1 Å². The minimum absolute atomic E-state index is 0.199. The third-order valence-corrected chi connectivity index (χ3v) is 3.51. The normalized spacial score (nSPS) is 11.5. The van der Waals surface area contributed by atoms with Crippen LogP contribution in [0.5, 0.6) is 5.75 Å². The van der Waals surface area contributed by atoms with Gasteiger partial charge in [0.15, 0.2) is 0 Å². The number of rotatable bonds is 6. The van der Waals surface area contributed by atoms with Crippen molar-refractivity contribution in [1.29, 1.82) is 0 Å². The molecule has 96 valence electrons. The van der Waals surface area contributed by atoms with Gasteiger partial charge in [-0.1, -0.05) is 6.07 Å². The molecule has 0 aliphatic heterocycles. The Labute approximate surface area is 107 Å². The van der Waals surface area contributed by atoms with E-state index >= 15 is 0 Å². The summed E-state index contributed by atoms with van der Waals surface area (Å²) in [5.74, 6) is 0.641. The van der Waals surface area contributed by atoms with Crippen molar-refractivity contribution in [3.63, 3.8) is 0 Å². The molecular weight excluding hydrogens is 260 g/mol. The number of aryl methyl sites for hydroxylation is 1. The molecule has 0 spiro atoms. The number of benzene rings is 1. The Kier molecular flexibility index (Phi) is 5.26. The Balaban J connectivity index is 2.41. The van der Waals surface area contributed by atoms with Crippen LogP contribution in [0, 0.1) is 6.92 Å². The molecule has 0 aromatic heterocycles. The lowest BCUT2D eigenvalue weighted by molar-refractivity contribution is 0.315. The summed E-state index contributed by atoms with van der Waals surface area (Å²) in [6.45, 7) is 2.41. The van der Waals surface area contributed by atoms with E-state index in [2.05, 4.69) is 22.1 Å².